The molecule has 0 aromatic heterocycles. The number of carbonyl (C=O) groups excluding carboxylic acids is 1. The maximum Gasteiger partial charge on any atom is 0.236 e. The number of nitrogens with two attached hydrogens (primary N) is 1. The molecular formula is C17H25N3O. The largest absolute Gasteiger partial charge is 0.398 e. The van der Waals surface area contributed by atoms with E-state index >= 15 is 0 Å². The Hall–Kier alpha value is -1.55. The van der Waals surface area contributed by atoms with Crippen LogP contribution in [0.15, 0.2) is 18.2 Å². The van der Waals surface area contributed by atoms with Crippen molar-refractivity contribution in [1.29, 1.82) is 0 Å². The summed E-state index contributed by atoms with van der Waals surface area (Å²) in [6.07, 6.45) is 3.24. The van der Waals surface area contributed by atoms with Gasteiger partial charge in [-0.25, -0.2) is 0 Å². The number of likely N-dealkylation sites (tertiary alicyclic amines) is 1. The van der Waals surface area contributed by atoms with Crippen molar-refractivity contribution in [2.75, 3.05) is 31.9 Å². The van der Waals surface area contributed by atoms with E-state index in [-0.39, 0.29) is 5.91 Å². The topological polar surface area (TPSA) is 49.6 Å². The van der Waals surface area contributed by atoms with Gasteiger partial charge in [0.05, 0.1) is 6.54 Å². The molecule has 21 heavy (non-hydrogen) atoms. The van der Waals surface area contributed by atoms with Crippen LogP contribution in [0.3, 0.4) is 0 Å². The van der Waals surface area contributed by atoms with Gasteiger partial charge in [-0.15, -0.1) is 0 Å². The summed E-state index contributed by atoms with van der Waals surface area (Å²) in [7, 11) is 0. The summed E-state index contributed by atoms with van der Waals surface area (Å²) < 4.78 is 0. The van der Waals surface area contributed by atoms with Gasteiger partial charge in [0.25, 0.3) is 0 Å². The molecule has 4 nitrogen and oxygen atoms in total. The van der Waals surface area contributed by atoms with E-state index in [1.54, 1.807) is 0 Å². The van der Waals surface area contributed by atoms with Crippen molar-refractivity contribution in [1.82, 2.24) is 9.80 Å². The summed E-state index contributed by atoms with van der Waals surface area (Å²) in [5, 5.41) is 0. The maximum atomic E-state index is 12.4. The molecule has 4 heteroatoms. The SMILES string of the molecule is CC1CCN(C(=O)CN2CCc3c(N)cccc3C2)CC1. The van der Waals surface area contributed by atoms with Crippen molar-refractivity contribution in [2.24, 2.45) is 5.92 Å². The maximum absolute atomic E-state index is 12.4. The molecule has 1 saturated heterocycles. The summed E-state index contributed by atoms with van der Waals surface area (Å²) in [5.74, 6) is 1.05. The van der Waals surface area contributed by atoms with Gasteiger partial charge in [-0.2, -0.15) is 0 Å². The highest BCUT2D eigenvalue weighted by Crippen LogP contribution is 2.24. The molecule has 1 aromatic rings. The first-order valence-electron chi connectivity index (χ1n) is 8.00. The van der Waals surface area contributed by atoms with E-state index in [1.807, 2.05) is 17.0 Å². The van der Waals surface area contributed by atoms with Crippen molar-refractivity contribution in [2.45, 2.75) is 32.7 Å². The number of fused-ring (bicyclic) bond motifs is 1. The lowest BCUT2D eigenvalue weighted by atomic mass is 9.97. The monoisotopic (exact) mass is 287 g/mol. The van der Waals surface area contributed by atoms with Gasteiger partial charge < -0.3 is 10.6 Å². The Kier molecular flexibility index (Phi) is 4.15. The van der Waals surface area contributed by atoms with Crippen LogP contribution in [0, 0.1) is 5.92 Å². The first-order valence-corrected chi connectivity index (χ1v) is 8.00. The minimum absolute atomic E-state index is 0.286. The zero-order valence-electron chi connectivity index (χ0n) is 12.8. The highest BCUT2D eigenvalue weighted by Gasteiger charge is 2.24. The van der Waals surface area contributed by atoms with E-state index in [4.69, 9.17) is 5.73 Å². The molecule has 2 aliphatic heterocycles. The molecule has 0 atom stereocenters. The minimum Gasteiger partial charge on any atom is -0.398 e. The van der Waals surface area contributed by atoms with Crippen LogP contribution in [-0.4, -0.2) is 41.9 Å². The first-order chi connectivity index (χ1) is 10.1. The van der Waals surface area contributed by atoms with Crippen molar-refractivity contribution >= 4 is 11.6 Å². The Morgan fingerprint density at radius 3 is 2.81 bits per heavy atom. The second kappa shape index (κ2) is 6.06. The lowest BCUT2D eigenvalue weighted by Gasteiger charge is -2.34. The predicted octanol–water partition coefficient (Wildman–Crippen LogP) is 1.89. The van der Waals surface area contributed by atoms with E-state index in [0.29, 0.717) is 6.54 Å². The number of piperidine rings is 1. The number of benzene rings is 1. The fourth-order valence-electron chi connectivity index (χ4n) is 3.38. The lowest BCUT2D eigenvalue weighted by molar-refractivity contribution is -0.134. The standard InChI is InChI=1S/C17H25N3O/c1-13-5-9-20(10-6-13)17(21)12-19-8-7-15-14(11-19)3-2-4-16(15)18/h2-4,13H,5-12,18H2,1H3. The molecule has 1 amide bonds. The number of nitrogens with zero attached hydrogens (tertiary/aromatic N) is 2. The number of nitrogen functional groups attached to an aromatic ring is 1. The van der Waals surface area contributed by atoms with Crippen LogP contribution < -0.4 is 5.73 Å². The minimum atomic E-state index is 0.286. The Labute approximate surface area is 126 Å². The van der Waals surface area contributed by atoms with E-state index in [1.165, 1.54) is 11.1 Å². The van der Waals surface area contributed by atoms with Crippen LogP contribution in [-0.2, 0) is 17.8 Å². The average molecular weight is 287 g/mol. The van der Waals surface area contributed by atoms with Crippen molar-refractivity contribution < 1.29 is 4.79 Å². The second-order valence-corrected chi connectivity index (χ2v) is 6.51. The summed E-state index contributed by atoms with van der Waals surface area (Å²) in [4.78, 5) is 16.7. The van der Waals surface area contributed by atoms with Crippen LogP contribution in [0.2, 0.25) is 0 Å². The van der Waals surface area contributed by atoms with Crippen molar-refractivity contribution in [3.63, 3.8) is 0 Å². The first kappa shape index (κ1) is 14.4. The summed E-state index contributed by atoms with van der Waals surface area (Å²) in [5.41, 5.74) is 9.47. The fraction of sp³-hybridized carbons (Fsp3) is 0.588. The van der Waals surface area contributed by atoms with Gasteiger partial charge in [-0.05, 0) is 42.4 Å². The van der Waals surface area contributed by atoms with Crippen LogP contribution in [0.25, 0.3) is 0 Å². The van der Waals surface area contributed by atoms with Gasteiger partial charge >= 0.3 is 0 Å². The van der Waals surface area contributed by atoms with Crippen molar-refractivity contribution in [3.05, 3.63) is 29.3 Å². The third-order valence-electron chi connectivity index (χ3n) is 4.88. The third-order valence-corrected chi connectivity index (χ3v) is 4.88. The lowest BCUT2D eigenvalue weighted by Crippen LogP contribution is -2.45. The highest BCUT2D eigenvalue weighted by molar-refractivity contribution is 5.78. The zero-order chi connectivity index (χ0) is 14.8. The number of hydrogen-bond donors (Lipinski definition) is 1. The van der Waals surface area contributed by atoms with Gasteiger partial charge in [0.2, 0.25) is 5.91 Å². The fourth-order valence-corrected chi connectivity index (χ4v) is 3.38. The number of rotatable bonds is 2. The number of amides is 1. The molecule has 0 aliphatic carbocycles. The van der Waals surface area contributed by atoms with E-state index in [2.05, 4.69) is 17.9 Å². The molecule has 0 saturated carbocycles. The smallest absolute Gasteiger partial charge is 0.236 e. The van der Waals surface area contributed by atoms with Gasteiger partial charge in [-0.1, -0.05) is 19.1 Å². The molecule has 0 unspecified atom stereocenters. The molecule has 0 radical (unpaired) electrons. The molecule has 1 fully saturated rings. The van der Waals surface area contributed by atoms with Gasteiger partial charge in [0, 0.05) is 31.9 Å². The van der Waals surface area contributed by atoms with Gasteiger partial charge in [0.15, 0.2) is 0 Å². The average Bonchev–Trinajstić information content (AvgIpc) is 2.48. The normalized spacial score (nSPS) is 20.3. The molecule has 114 valence electrons. The van der Waals surface area contributed by atoms with E-state index in [0.717, 1.165) is 57.0 Å². The van der Waals surface area contributed by atoms with Crippen molar-refractivity contribution in [3.8, 4) is 0 Å². The van der Waals surface area contributed by atoms with Crippen LogP contribution in [0.1, 0.15) is 30.9 Å². The number of carbonyl (C=O) groups is 1. The Morgan fingerprint density at radius 2 is 2.05 bits per heavy atom. The molecule has 0 bridgehead atoms. The molecule has 2 N–H and O–H groups in total. The molecule has 1 aromatic carbocycles. The van der Waals surface area contributed by atoms with Crippen LogP contribution in [0.5, 0.6) is 0 Å². The summed E-state index contributed by atoms with van der Waals surface area (Å²) >= 11 is 0. The molecule has 2 heterocycles. The summed E-state index contributed by atoms with van der Waals surface area (Å²) in [6, 6.07) is 6.10. The third kappa shape index (κ3) is 3.21. The quantitative estimate of drug-likeness (QED) is 0.845. The van der Waals surface area contributed by atoms with Gasteiger partial charge in [0.1, 0.15) is 0 Å². The Balaban J connectivity index is 1.58. The Bertz CT molecular complexity index is 521. The molecule has 3 rings (SSSR count). The van der Waals surface area contributed by atoms with E-state index < -0.39 is 0 Å². The van der Waals surface area contributed by atoms with Gasteiger partial charge in [-0.3, -0.25) is 9.69 Å². The summed E-state index contributed by atoms with van der Waals surface area (Å²) in [6.45, 7) is 6.44. The number of anilines is 1. The highest BCUT2D eigenvalue weighted by atomic mass is 16.2. The zero-order valence-corrected chi connectivity index (χ0v) is 12.8. The molecular weight excluding hydrogens is 262 g/mol. The van der Waals surface area contributed by atoms with Crippen LogP contribution >= 0.6 is 0 Å². The van der Waals surface area contributed by atoms with Crippen LogP contribution in [0.4, 0.5) is 5.69 Å². The second-order valence-electron chi connectivity index (χ2n) is 6.51. The number of hydrogen-bond acceptors (Lipinski definition) is 3. The Morgan fingerprint density at radius 1 is 1.29 bits per heavy atom. The molecule has 0 spiro atoms. The molecule has 2 aliphatic rings. The van der Waals surface area contributed by atoms with E-state index in [9.17, 15) is 4.79 Å². The predicted molar refractivity (Wildman–Crippen MR) is 84.8 cm³/mol.